The first-order valence-corrected chi connectivity index (χ1v) is 11.9. The van der Waals surface area contributed by atoms with Gasteiger partial charge < -0.3 is 29.7 Å². The first-order valence-electron chi connectivity index (χ1n) is 11.9. The summed E-state index contributed by atoms with van der Waals surface area (Å²) in [5, 5.41) is 20.0. The second kappa shape index (κ2) is 11.7. The van der Waals surface area contributed by atoms with Crippen molar-refractivity contribution in [2.24, 2.45) is 0 Å². The maximum Gasteiger partial charge on any atom is 0.269 e. The Morgan fingerprint density at radius 1 is 1.19 bits per heavy atom. The summed E-state index contributed by atoms with van der Waals surface area (Å²) in [5.74, 6) is 1.23. The van der Waals surface area contributed by atoms with Crippen LogP contribution in [-0.4, -0.2) is 65.8 Å². The van der Waals surface area contributed by atoms with Crippen LogP contribution in [0, 0.1) is 13.8 Å². The van der Waals surface area contributed by atoms with Gasteiger partial charge in [0.1, 0.15) is 30.0 Å². The molecule has 1 unspecified atom stereocenters. The highest BCUT2D eigenvalue weighted by Gasteiger charge is 2.29. The molecule has 3 aromatic rings. The van der Waals surface area contributed by atoms with E-state index in [4.69, 9.17) is 14.0 Å². The molecule has 1 aromatic carbocycles. The Bertz CT molecular complexity index is 1150. The number of ether oxygens (including phenoxy) is 2. The monoisotopic (exact) mass is 503 g/mol. The number of halogens is 2. The number of aromatic nitrogens is 3. The number of anilines is 1. The predicted molar refractivity (Wildman–Crippen MR) is 130 cm³/mol. The molecule has 1 saturated heterocycles. The van der Waals surface area contributed by atoms with E-state index in [-0.39, 0.29) is 35.5 Å². The Morgan fingerprint density at radius 2 is 1.97 bits per heavy atom. The van der Waals surface area contributed by atoms with E-state index in [1.54, 1.807) is 45.2 Å². The summed E-state index contributed by atoms with van der Waals surface area (Å²) in [6.45, 7) is 4.95. The Balaban J connectivity index is 1.78. The molecule has 0 amide bonds. The SMILES string of the molecule is CNCC(O)COc1cccc(-c2nc(NC3CCOCC3)c(C(F)F)c(-c3c(C)noc3C)n2)c1. The highest BCUT2D eigenvalue weighted by atomic mass is 19.3. The molecule has 3 heterocycles. The van der Waals surface area contributed by atoms with Gasteiger partial charge in [-0.05, 0) is 45.9 Å². The largest absolute Gasteiger partial charge is 0.491 e. The van der Waals surface area contributed by atoms with E-state index in [2.05, 4.69) is 25.8 Å². The number of nitrogens with one attached hydrogen (secondary N) is 2. The number of alkyl halides is 2. The molecular formula is C25H31F2N5O4. The Labute approximate surface area is 208 Å². The lowest BCUT2D eigenvalue weighted by molar-refractivity contribution is 0.0902. The topological polar surface area (TPSA) is 115 Å². The summed E-state index contributed by atoms with van der Waals surface area (Å²) in [5.41, 5.74) is 1.26. The van der Waals surface area contributed by atoms with Crippen molar-refractivity contribution in [1.29, 1.82) is 0 Å². The van der Waals surface area contributed by atoms with Crippen molar-refractivity contribution in [2.75, 3.05) is 38.7 Å². The second-order valence-electron chi connectivity index (χ2n) is 8.74. The zero-order valence-electron chi connectivity index (χ0n) is 20.6. The molecule has 0 aliphatic carbocycles. The van der Waals surface area contributed by atoms with Gasteiger partial charge in [0.05, 0.1) is 22.5 Å². The number of nitrogens with zero attached hydrogens (tertiary/aromatic N) is 3. The van der Waals surface area contributed by atoms with Gasteiger partial charge in [-0.25, -0.2) is 18.7 Å². The number of hydrogen-bond donors (Lipinski definition) is 3. The normalized spacial score (nSPS) is 15.3. The first-order chi connectivity index (χ1) is 17.4. The maximum atomic E-state index is 14.5. The molecular weight excluding hydrogens is 472 g/mol. The number of rotatable bonds is 10. The van der Waals surface area contributed by atoms with Gasteiger partial charge in [-0.15, -0.1) is 0 Å². The zero-order chi connectivity index (χ0) is 25.7. The van der Waals surface area contributed by atoms with Gasteiger partial charge >= 0.3 is 0 Å². The van der Waals surface area contributed by atoms with Crippen LogP contribution in [0.15, 0.2) is 28.8 Å². The highest BCUT2D eigenvalue weighted by molar-refractivity contribution is 5.75. The smallest absolute Gasteiger partial charge is 0.269 e. The minimum Gasteiger partial charge on any atom is -0.491 e. The van der Waals surface area contributed by atoms with E-state index in [1.807, 2.05) is 0 Å². The van der Waals surface area contributed by atoms with Gasteiger partial charge in [-0.2, -0.15) is 0 Å². The highest BCUT2D eigenvalue weighted by Crippen LogP contribution is 2.39. The minimum absolute atomic E-state index is 0.0557. The minimum atomic E-state index is -2.83. The molecule has 0 saturated carbocycles. The van der Waals surface area contributed by atoms with Gasteiger partial charge in [0.2, 0.25) is 0 Å². The van der Waals surface area contributed by atoms with Gasteiger partial charge in [0.25, 0.3) is 6.43 Å². The molecule has 1 atom stereocenters. The molecule has 0 spiro atoms. The summed E-state index contributed by atoms with van der Waals surface area (Å²) in [6.07, 6.45) is -2.14. The summed E-state index contributed by atoms with van der Waals surface area (Å²) < 4.78 is 45.4. The standard InChI is InChI=1S/C25H31F2N5O4/c1-14-20(15(2)36-32-14)22-21(23(26)27)25(29-17-7-9-34-10-8-17)31-24(30-22)16-5-4-6-19(11-16)35-13-18(33)12-28-3/h4-6,11,17-18,23,28,33H,7-10,12-13H2,1-3H3,(H,29,30,31). The van der Waals surface area contributed by atoms with Crippen molar-refractivity contribution >= 4 is 5.82 Å². The van der Waals surface area contributed by atoms with Crippen molar-refractivity contribution in [3.05, 3.63) is 41.3 Å². The number of benzene rings is 1. The van der Waals surface area contributed by atoms with Crippen LogP contribution in [0.5, 0.6) is 5.75 Å². The fourth-order valence-corrected chi connectivity index (χ4v) is 4.17. The van der Waals surface area contributed by atoms with E-state index in [0.29, 0.717) is 60.9 Å². The fourth-order valence-electron chi connectivity index (χ4n) is 4.17. The molecule has 9 nitrogen and oxygen atoms in total. The first kappa shape index (κ1) is 25.9. The third kappa shape index (κ3) is 5.97. The third-order valence-corrected chi connectivity index (χ3v) is 5.97. The van der Waals surface area contributed by atoms with Crippen molar-refractivity contribution in [1.82, 2.24) is 20.4 Å². The Kier molecular flexibility index (Phi) is 8.44. The van der Waals surface area contributed by atoms with Gasteiger partial charge in [0.15, 0.2) is 5.82 Å². The zero-order valence-corrected chi connectivity index (χ0v) is 20.6. The quantitative estimate of drug-likeness (QED) is 0.379. The number of aryl methyl sites for hydroxylation is 2. The molecule has 36 heavy (non-hydrogen) atoms. The molecule has 1 aliphatic heterocycles. The van der Waals surface area contributed by atoms with Crippen LogP contribution in [-0.2, 0) is 4.74 Å². The van der Waals surface area contributed by atoms with Crippen molar-refractivity contribution in [3.8, 4) is 28.4 Å². The van der Waals surface area contributed by atoms with Gasteiger partial charge in [-0.1, -0.05) is 17.3 Å². The summed E-state index contributed by atoms with van der Waals surface area (Å²) in [6, 6.07) is 6.96. The summed E-state index contributed by atoms with van der Waals surface area (Å²) in [7, 11) is 1.74. The molecule has 1 fully saturated rings. The lowest BCUT2D eigenvalue weighted by atomic mass is 10.0. The molecule has 4 rings (SSSR count). The molecule has 194 valence electrons. The summed E-state index contributed by atoms with van der Waals surface area (Å²) >= 11 is 0. The molecule has 1 aliphatic rings. The third-order valence-electron chi connectivity index (χ3n) is 5.97. The molecule has 3 N–H and O–H groups in total. The van der Waals surface area contributed by atoms with Crippen LogP contribution in [0.25, 0.3) is 22.6 Å². The van der Waals surface area contributed by atoms with Crippen LogP contribution in [0.2, 0.25) is 0 Å². The van der Waals surface area contributed by atoms with Crippen molar-refractivity contribution in [2.45, 2.75) is 45.3 Å². The molecule has 11 heteroatoms. The van der Waals surface area contributed by atoms with E-state index in [9.17, 15) is 13.9 Å². The molecule has 0 bridgehead atoms. The lowest BCUT2D eigenvalue weighted by Crippen LogP contribution is -2.29. The lowest BCUT2D eigenvalue weighted by Gasteiger charge is -2.25. The average molecular weight is 504 g/mol. The summed E-state index contributed by atoms with van der Waals surface area (Å²) in [4.78, 5) is 9.12. The molecule has 2 aromatic heterocycles. The predicted octanol–water partition coefficient (Wildman–Crippen LogP) is 3.90. The van der Waals surface area contributed by atoms with Crippen LogP contribution in [0.4, 0.5) is 14.6 Å². The Morgan fingerprint density at radius 3 is 2.64 bits per heavy atom. The molecule has 0 radical (unpaired) electrons. The van der Waals surface area contributed by atoms with E-state index < -0.39 is 12.5 Å². The van der Waals surface area contributed by atoms with Gasteiger partial charge in [0, 0.05) is 31.4 Å². The number of hydrogen-bond acceptors (Lipinski definition) is 9. The Hall–Kier alpha value is -3.15. The van der Waals surface area contributed by atoms with Crippen LogP contribution in [0.3, 0.4) is 0 Å². The number of likely N-dealkylation sites (N-methyl/N-ethyl adjacent to an activating group) is 1. The van der Waals surface area contributed by atoms with Crippen LogP contribution >= 0.6 is 0 Å². The van der Waals surface area contributed by atoms with Crippen LogP contribution in [0.1, 0.15) is 36.3 Å². The van der Waals surface area contributed by atoms with Gasteiger partial charge in [-0.3, -0.25) is 0 Å². The fraction of sp³-hybridized carbons (Fsp3) is 0.480. The van der Waals surface area contributed by atoms with Crippen LogP contribution < -0.4 is 15.4 Å². The van der Waals surface area contributed by atoms with E-state index >= 15 is 0 Å². The van der Waals surface area contributed by atoms with E-state index in [1.165, 1.54) is 0 Å². The van der Waals surface area contributed by atoms with Crippen molar-refractivity contribution < 1.29 is 27.9 Å². The average Bonchev–Trinajstić information content (AvgIpc) is 3.20. The number of aliphatic hydroxyl groups excluding tert-OH is 1. The van der Waals surface area contributed by atoms with E-state index in [0.717, 1.165) is 0 Å². The van der Waals surface area contributed by atoms with Crippen molar-refractivity contribution in [3.63, 3.8) is 0 Å². The number of aliphatic hydroxyl groups is 1. The maximum absolute atomic E-state index is 14.5. The second-order valence-corrected chi connectivity index (χ2v) is 8.74.